The van der Waals surface area contributed by atoms with Gasteiger partial charge in [0, 0.05) is 20.1 Å². The average molecular weight is 385 g/mol. The molecular formula is C16H16FNO5S2. The van der Waals surface area contributed by atoms with Crippen LogP contribution in [0.15, 0.2) is 23.1 Å². The van der Waals surface area contributed by atoms with E-state index >= 15 is 0 Å². The molecule has 1 saturated heterocycles. The Morgan fingerprint density at radius 1 is 1.48 bits per heavy atom. The van der Waals surface area contributed by atoms with Gasteiger partial charge in [-0.05, 0) is 24.6 Å². The maximum absolute atomic E-state index is 14.1. The number of rotatable bonds is 8. The molecule has 2 rings (SSSR count). The molecule has 25 heavy (non-hydrogen) atoms. The first kappa shape index (κ1) is 19.4. The maximum Gasteiger partial charge on any atom is 0.303 e. The Morgan fingerprint density at radius 2 is 2.24 bits per heavy atom. The highest BCUT2D eigenvalue weighted by Crippen LogP contribution is 2.35. The lowest BCUT2D eigenvalue weighted by Crippen LogP contribution is -2.29. The zero-order valence-electron chi connectivity index (χ0n) is 13.4. The third-order valence-corrected chi connectivity index (χ3v) is 4.64. The van der Waals surface area contributed by atoms with Crippen molar-refractivity contribution in [3.8, 4) is 5.75 Å². The quantitative estimate of drug-likeness (QED) is 0.419. The second-order valence-electron chi connectivity index (χ2n) is 5.03. The third-order valence-electron chi connectivity index (χ3n) is 3.27. The summed E-state index contributed by atoms with van der Waals surface area (Å²) >= 11 is 6.21. The van der Waals surface area contributed by atoms with E-state index in [2.05, 4.69) is 0 Å². The van der Waals surface area contributed by atoms with E-state index in [1.807, 2.05) is 0 Å². The van der Waals surface area contributed by atoms with Gasteiger partial charge >= 0.3 is 5.97 Å². The van der Waals surface area contributed by atoms with Crippen LogP contribution in [0, 0.1) is 5.82 Å². The van der Waals surface area contributed by atoms with E-state index in [9.17, 15) is 14.0 Å². The van der Waals surface area contributed by atoms with Gasteiger partial charge in [0.25, 0.3) is 5.91 Å². The summed E-state index contributed by atoms with van der Waals surface area (Å²) in [4.78, 5) is 24.6. The SMILES string of the molecule is COCOc1cccc(F)c1C=C1SC(=S)N(CCCC(=O)O)C1=O. The number of amides is 1. The number of carboxylic acids is 1. The molecule has 1 aromatic carbocycles. The molecule has 0 spiro atoms. The fourth-order valence-corrected chi connectivity index (χ4v) is 3.41. The number of benzene rings is 1. The Hall–Kier alpha value is -1.97. The van der Waals surface area contributed by atoms with Gasteiger partial charge < -0.3 is 14.6 Å². The lowest BCUT2D eigenvalue weighted by atomic mass is 10.1. The van der Waals surface area contributed by atoms with Crippen LogP contribution in [0.2, 0.25) is 0 Å². The predicted octanol–water partition coefficient (Wildman–Crippen LogP) is 2.87. The molecule has 0 unspecified atom stereocenters. The minimum atomic E-state index is -0.938. The van der Waals surface area contributed by atoms with Crippen molar-refractivity contribution in [3.05, 3.63) is 34.5 Å². The van der Waals surface area contributed by atoms with Crippen LogP contribution in [0.5, 0.6) is 5.75 Å². The summed E-state index contributed by atoms with van der Waals surface area (Å²) in [6, 6.07) is 4.33. The first-order valence-electron chi connectivity index (χ1n) is 7.31. The van der Waals surface area contributed by atoms with Crippen molar-refractivity contribution in [2.24, 2.45) is 0 Å². The lowest BCUT2D eigenvalue weighted by Gasteiger charge is -2.13. The lowest BCUT2D eigenvalue weighted by molar-refractivity contribution is -0.137. The predicted molar refractivity (Wildman–Crippen MR) is 95.7 cm³/mol. The summed E-state index contributed by atoms with van der Waals surface area (Å²) in [6.07, 6.45) is 1.62. The summed E-state index contributed by atoms with van der Waals surface area (Å²) in [7, 11) is 1.45. The van der Waals surface area contributed by atoms with Gasteiger partial charge in [0.1, 0.15) is 15.9 Å². The number of carboxylic acid groups (broad SMARTS) is 1. The Bertz CT molecular complexity index is 722. The molecule has 1 aliphatic rings. The van der Waals surface area contributed by atoms with Gasteiger partial charge in [-0.25, -0.2) is 4.39 Å². The fourth-order valence-electron chi connectivity index (χ4n) is 2.12. The first-order valence-corrected chi connectivity index (χ1v) is 8.54. The zero-order chi connectivity index (χ0) is 18.4. The fraction of sp³-hybridized carbons (Fsp3) is 0.312. The summed E-state index contributed by atoms with van der Waals surface area (Å²) in [6.45, 7) is 0.152. The molecule has 1 amide bonds. The number of thiocarbonyl (C=S) groups is 1. The topological polar surface area (TPSA) is 76.1 Å². The standard InChI is InChI=1S/C16H16FNO5S2/c1-22-9-23-12-5-2-4-11(17)10(12)8-13-15(21)18(16(24)25-13)7-3-6-14(19)20/h2,4-5,8H,3,6-7,9H2,1H3,(H,19,20). The minimum absolute atomic E-state index is 0.0551. The van der Waals surface area contributed by atoms with Crippen LogP contribution in [0.4, 0.5) is 4.39 Å². The highest BCUT2D eigenvalue weighted by Gasteiger charge is 2.32. The number of carbonyl (C=O) groups excluding carboxylic acids is 1. The number of nitrogens with zero attached hydrogens (tertiary/aromatic N) is 1. The maximum atomic E-state index is 14.1. The van der Waals surface area contributed by atoms with Gasteiger partial charge in [-0.2, -0.15) is 0 Å². The van der Waals surface area contributed by atoms with Crippen LogP contribution in [0.3, 0.4) is 0 Å². The van der Waals surface area contributed by atoms with E-state index in [1.165, 1.54) is 30.2 Å². The summed E-state index contributed by atoms with van der Waals surface area (Å²) in [5, 5.41) is 8.68. The van der Waals surface area contributed by atoms with E-state index < -0.39 is 11.8 Å². The summed E-state index contributed by atoms with van der Waals surface area (Å²) in [5.41, 5.74) is 0.130. The van der Waals surface area contributed by atoms with Crippen molar-refractivity contribution in [2.45, 2.75) is 12.8 Å². The molecule has 0 atom stereocenters. The minimum Gasteiger partial charge on any atom is -0.481 e. The molecule has 0 radical (unpaired) electrons. The Morgan fingerprint density at radius 3 is 2.92 bits per heavy atom. The van der Waals surface area contributed by atoms with Crippen LogP contribution in [-0.2, 0) is 14.3 Å². The Labute approximate surface area is 153 Å². The molecule has 0 aromatic heterocycles. The van der Waals surface area contributed by atoms with E-state index in [0.29, 0.717) is 4.32 Å². The van der Waals surface area contributed by atoms with Crippen LogP contribution >= 0.6 is 24.0 Å². The number of carbonyl (C=O) groups is 2. The number of halogens is 1. The van der Waals surface area contributed by atoms with E-state index in [1.54, 1.807) is 6.07 Å². The largest absolute Gasteiger partial charge is 0.481 e. The van der Waals surface area contributed by atoms with E-state index in [-0.39, 0.29) is 48.3 Å². The van der Waals surface area contributed by atoms with Crippen molar-refractivity contribution in [3.63, 3.8) is 0 Å². The highest BCUT2D eigenvalue weighted by molar-refractivity contribution is 8.26. The highest BCUT2D eigenvalue weighted by atomic mass is 32.2. The van der Waals surface area contributed by atoms with E-state index in [0.717, 1.165) is 11.8 Å². The molecule has 0 saturated carbocycles. The molecule has 1 aromatic rings. The van der Waals surface area contributed by atoms with Crippen LogP contribution in [0.25, 0.3) is 6.08 Å². The molecule has 9 heteroatoms. The molecule has 1 fully saturated rings. The molecule has 0 aliphatic carbocycles. The molecule has 6 nitrogen and oxygen atoms in total. The Kier molecular flexibility index (Phi) is 6.91. The average Bonchev–Trinajstić information content (AvgIpc) is 2.82. The van der Waals surface area contributed by atoms with Gasteiger partial charge in [-0.1, -0.05) is 30.0 Å². The van der Waals surface area contributed by atoms with Crippen molar-refractivity contribution < 1.29 is 28.6 Å². The molecule has 1 heterocycles. The first-order chi connectivity index (χ1) is 11.9. The normalized spacial score (nSPS) is 15.9. The summed E-state index contributed by atoms with van der Waals surface area (Å²) in [5.74, 6) is -1.60. The van der Waals surface area contributed by atoms with Gasteiger partial charge in [0.15, 0.2) is 6.79 Å². The molecule has 134 valence electrons. The third kappa shape index (κ3) is 5.00. The smallest absolute Gasteiger partial charge is 0.303 e. The van der Waals surface area contributed by atoms with Gasteiger partial charge in [-0.3, -0.25) is 14.5 Å². The summed E-state index contributed by atoms with van der Waals surface area (Å²) < 4.78 is 24.6. The molecule has 1 N–H and O–H groups in total. The van der Waals surface area contributed by atoms with Gasteiger partial charge in [0.2, 0.25) is 0 Å². The number of aliphatic carboxylic acids is 1. The number of hydrogen-bond donors (Lipinski definition) is 1. The van der Waals surface area contributed by atoms with Crippen molar-refractivity contribution in [1.82, 2.24) is 4.90 Å². The van der Waals surface area contributed by atoms with Crippen molar-refractivity contribution in [1.29, 1.82) is 0 Å². The zero-order valence-corrected chi connectivity index (χ0v) is 15.0. The van der Waals surface area contributed by atoms with Crippen molar-refractivity contribution in [2.75, 3.05) is 20.4 Å². The number of thioether (sulfide) groups is 1. The van der Waals surface area contributed by atoms with Gasteiger partial charge in [0.05, 0.1) is 10.5 Å². The van der Waals surface area contributed by atoms with Gasteiger partial charge in [-0.15, -0.1) is 0 Å². The van der Waals surface area contributed by atoms with E-state index in [4.69, 9.17) is 26.8 Å². The molecule has 1 aliphatic heterocycles. The molecular weight excluding hydrogens is 369 g/mol. The van der Waals surface area contributed by atoms with Crippen LogP contribution in [0.1, 0.15) is 18.4 Å². The second-order valence-corrected chi connectivity index (χ2v) is 6.71. The second kappa shape index (κ2) is 8.93. The number of ether oxygens (including phenoxy) is 2. The number of hydrogen-bond acceptors (Lipinski definition) is 6. The van der Waals surface area contributed by atoms with Crippen molar-refractivity contribution >= 4 is 46.3 Å². The number of methoxy groups -OCH3 is 1. The molecule has 0 bridgehead atoms. The van der Waals surface area contributed by atoms with Crippen LogP contribution in [-0.4, -0.2) is 46.7 Å². The van der Waals surface area contributed by atoms with Crippen LogP contribution < -0.4 is 4.74 Å². The Balaban J connectivity index is 2.20. The monoisotopic (exact) mass is 385 g/mol.